The molecule has 1 aromatic heterocycles. The maximum absolute atomic E-state index is 14.5. The summed E-state index contributed by atoms with van der Waals surface area (Å²) >= 11 is 0. The van der Waals surface area contributed by atoms with Crippen molar-refractivity contribution in [3.63, 3.8) is 0 Å². The van der Waals surface area contributed by atoms with Crippen LogP contribution in [0, 0.1) is 11.6 Å². The van der Waals surface area contributed by atoms with Crippen molar-refractivity contribution in [1.29, 1.82) is 0 Å². The van der Waals surface area contributed by atoms with Crippen LogP contribution in [0.15, 0.2) is 72.8 Å². The summed E-state index contributed by atoms with van der Waals surface area (Å²) in [5.74, 6) is -1.65. The Morgan fingerprint density at radius 2 is 1.44 bits per heavy atom. The van der Waals surface area contributed by atoms with Gasteiger partial charge in [0.1, 0.15) is 5.52 Å². The van der Waals surface area contributed by atoms with E-state index in [0.717, 1.165) is 6.07 Å². The maximum Gasteiger partial charge on any atom is 0.184 e. The number of aromatic nitrogens is 2. The minimum Gasteiger partial charge on any atom is -0.373 e. The van der Waals surface area contributed by atoms with Crippen molar-refractivity contribution in [2.75, 3.05) is 0 Å². The van der Waals surface area contributed by atoms with E-state index in [1.165, 1.54) is 10.6 Å². The summed E-state index contributed by atoms with van der Waals surface area (Å²) in [5.41, 5.74) is -0.0569. The number of imidazole rings is 1. The lowest BCUT2D eigenvalue weighted by Crippen LogP contribution is -2.32. The van der Waals surface area contributed by atoms with Gasteiger partial charge in [-0.1, -0.05) is 60.7 Å². The number of halogens is 2. The zero-order chi connectivity index (χ0) is 19.0. The Morgan fingerprint density at radius 3 is 1.96 bits per heavy atom. The number of rotatable bonds is 4. The van der Waals surface area contributed by atoms with Gasteiger partial charge in [0.25, 0.3) is 0 Å². The van der Waals surface area contributed by atoms with Gasteiger partial charge in [-0.2, -0.15) is 0 Å². The van der Waals surface area contributed by atoms with Gasteiger partial charge in [0.2, 0.25) is 0 Å². The highest BCUT2D eigenvalue weighted by molar-refractivity contribution is 5.77. The normalized spacial score (nSPS) is 11.9. The monoisotopic (exact) mass is 364 g/mol. The van der Waals surface area contributed by atoms with Crippen molar-refractivity contribution in [2.24, 2.45) is 0 Å². The standard InChI is InChI=1S/C22H18F2N2O/c1-2-26-20-18(14-13-17(23)19(20)24)25-21(26)22(27,15-9-5-3-6-10-15)16-11-7-4-8-12-16/h3-14,27H,2H2,1H3. The molecular weight excluding hydrogens is 346 g/mol. The van der Waals surface area contributed by atoms with Crippen LogP contribution in [0.1, 0.15) is 23.9 Å². The first kappa shape index (κ1) is 17.4. The molecule has 0 aliphatic heterocycles. The minimum atomic E-state index is -1.61. The van der Waals surface area contributed by atoms with E-state index in [2.05, 4.69) is 4.98 Å². The third-order valence-electron chi connectivity index (χ3n) is 4.82. The third-order valence-corrected chi connectivity index (χ3v) is 4.82. The molecule has 0 unspecified atom stereocenters. The molecule has 0 saturated carbocycles. The average molecular weight is 364 g/mol. The molecule has 4 rings (SSSR count). The van der Waals surface area contributed by atoms with E-state index >= 15 is 0 Å². The fourth-order valence-electron chi connectivity index (χ4n) is 3.52. The predicted octanol–water partition coefficient (Wildman–Crippen LogP) is 4.62. The molecule has 5 heteroatoms. The highest BCUT2D eigenvalue weighted by Crippen LogP contribution is 2.38. The van der Waals surface area contributed by atoms with Gasteiger partial charge in [-0.25, -0.2) is 13.8 Å². The highest BCUT2D eigenvalue weighted by Gasteiger charge is 2.39. The van der Waals surface area contributed by atoms with Crippen LogP contribution in [0.25, 0.3) is 11.0 Å². The molecule has 3 nitrogen and oxygen atoms in total. The van der Waals surface area contributed by atoms with E-state index in [1.807, 2.05) is 43.3 Å². The van der Waals surface area contributed by atoms with Gasteiger partial charge < -0.3 is 9.67 Å². The molecule has 27 heavy (non-hydrogen) atoms. The molecule has 3 aromatic carbocycles. The fraction of sp³-hybridized carbons (Fsp3) is 0.136. The Hall–Kier alpha value is -3.05. The summed E-state index contributed by atoms with van der Waals surface area (Å²) < 4.78 is 29.9. The zero-order valence-electron chi connectivity index (χ0n) is 14.7. The lowest BCUT2D eigenvalue weighted by Gasteiger charge is -2.29. The summed E-state index contributed by atoms with van der Waals surface area (Å²) in [4.78, 5) is 4.52. The number of hydrogen-bond donors (Lipinski definition) is 1. The van der Waals surface area contributed by atoms with Crippen molar-refractivity contribution >= 4 is 11.0 Å². The first-order chi connectivity index (χ1) is 13.1. The first-order valence-corrected chi connectivity index (χ1v) is 8.75. The quantitative estimate of drug-likeness (QED) is 0.574. The summed E-state index contributed by atoms with van der Waals surface area (Å²) in [7, 11) is 0. The molecule has 0 spiro atoms. The van der Waals surface area contributed by atoms with Crippen molar-refractivity contribution in [3.8, 4) is 0 Å². The molecular formula is C22H18F2N2O. The second-order valence-electron chi connectivity index (χ2n) is 6.35. The zero-order valence-corrected chi connectivity index (χ0v) is 14.7. The molecule has 0 aliphatic carbocycles. The Morgan fingerprint density at radius 1 is 0.889 bits per heavy atom. The molecule has 0 bridgehead atoms. The molecule has 4 aromatic rings. The van der Waals surface area contributed by atoms with Gasteiger partial charge in [0.05, 0.1) is 5.52 Å². The van der Waals surface area contributed by atoms with Gasteiger partial charge >= 0.3 is 0 Å². The van der Waals surface area contributed by atoms with Crippen molar-refractivity contribution < 1.29 is 13.9 Å². The van der Waals surface area contributed by atoms with Crippen LogP contribution in [-0.4, -0.2) is 14.7 Å². The van der Waals surface area contributed by atoms with Crippen LogP contribution in [0.5, 0.6) is 0 Å². The van der Waals surface area contributed by atoms with Crippen LogP contribution < -0.4 is 0 Å². The smallest absolute Gasteiger partial charge is 0.184 e. The Balaban J connectivity index is 2.10. The largest absolute Gasteiger partial charge is 0.373 e. The van der Waals surface area contributed by atoms with Crippen molar-refractivity contribution in [3.05, 3.63) is 101 Å². The molecule has 136 valence electrons. The maximum atomic E-state index is 14.5. The number of nitrogens with zero attached hydrogens (tertiary/aromatic N) is 2. The van der Waals surface area contributed by atoms with Gasteiger partial charge in [-0.15, -0.1) is 0 Å². The van der Waals surface area contributed by atoms with Crippen molar-refractivity contribution in [1.82, 2.24) is 9.55 Å². The lowest BCUT2D eigenvalue weighted by atomic mass is 9.85. The van der Waals surface area contributed by atoms with Crippen LogP contribution in [0.3, 0.4) is 0 Å². The molecule has 0 saturated heterocycles. The van der Waals surface area contributed by atoms with Crippen LogP contribution in [-0.2, 0) is 12.1 Å². The third kappa shape index (κ3) is 2.62. The molecule has 0 aliphatic rings. The summed E-state index contributed by atoms with van der Waals surface area (Å²) in [6, 6.07) is 20.7. The lowest BCUT2D eigenvalue weighted by molar-refractivity contribution is 0.112. The minimum absolute atomic E-state index is 0.0535. The molecule has 1 N–H and O–H groups in total. The fourth-order valence-corrected chi connectivity index (χ4v) is 3.52. The second-order valence-corrected chi connectivity index (χ2v) is 6.35. The SMILES string of the molecule is CCn1c(C(O)(c2ccccc2)c2ccccc2)nc2ccc(F)c(F)c21. The average Bonchev–Trinajstić information content (AvgIpc) is 3.11. The molecule has 0 atom stereocenters. The van der Waals surface area contributed by atoms with E-state index in [9.17, 15) is 13.9 Å². The Kier molecular flexibility index (Phi) is 4.24. The number of benzene rings is 3. The Bertz CT molecular complexity index is 1050. The summed E-state index contributed by atoms with van der Waals surface area (Å²) in [6.45, 7) is 2.14. The number of aryl methyl sites for hydroxylation is 1. The first-order valence-electron chi connectivity index (χ1n) is 8.75. The van der Waals surface area contributed by atoms with Crippen LogP contribution in [0.2, 0.25) is 0 Å². The molecule has 0 radical (unpaired) electrons. The molecule has 1 heterocycles. The van der Waals surface area contributed by atoms with E-state index in [0.29, 0.717) is 23.2 Å². The Labute approximate surface area is 155 Å². The topological polar surface area (TPSA) is 38.0 Å². The van der Waals surface area contributed by atoms with E-state index in [4.69, 9.17) is 0 Å². The predicted molar refractivity (Wildman–Crippen MR) is 100 cm³/mol. The van der Waals surface area contributed by atoms with Gasteiger partial charge in [0, 0.05) is 6.54 Å². The molecule has 0 fully saturated rings. The van der Waals surface area contributed by atoms with E-state index in [1.54, 1.807) is 24.3 Å². The van der Waals surface area contributed by atoms with E-state index in [-0.39, 0.29) is 11.3 Å². The summed E-state index contributed by atoms with van der Waals surface area (Å²) in [5, 5.41) is 11.9. The van der Waals surface area contributed by atoms with Crippen LogP contribution >= 0.6 is 0 Å². The summed E-state index contributed by atoms with van der Waals surface area (Å²) in [6.07, 6.45) is 0. The van der Waals surface area contributed by atoms with Crippen molar-refractivity contribution in [2.45, 2.75) is 19.1 Å². The van der Waals surface area contributed by atoms with E-state index < -0.39 is 17.2 Å². The highest BCUT2D eigenvalue weighted by atomic mass is 19.2. The molecule has 0 amide bonds. The number of aliphatic hydroxyl groups is 1. The van der Waals surface area contributed by atoms with Gasteiger partial charge in [-0.05, 0) is 30.2 Å². The second kappa shape index (κ2) is 6.59. The van der Waals surface area contributed by atoms with Gasteiger partial charge in [0.15, 0.2) is 23.1 Å². The van der Waals surface area contributed by atoms with Crippen LogP contribution in [0.4, 0.5) is 8.78 Å². The number of hydrogen-bond acceptors (Lipinski definition) is 2. The van der Waals surface area contributed by atoms with Gasteiger partial charge in [-0.3, -0.25) is 0 Å². The number of fused-ring (bicyclic) bond motifs is 1.